The van der Waals surface area contributed by atoms with Crippen molar-refractivity contribution in [2.75, 3.05) is 26.8 Å². The number of furan rings is 1. The van der Waals surface area contributed by atoms with Crippen LogP contribution in [0.3, 0.4) is 0 Å². The molecule has 3 unspecified atom stereocenters. The minimum Gasteiger partial charge on any atom is -0.493 e. The Labute approximate surface area is 247 Å². The molecule has 0 saturated carbocycles. The molecule has 1 aliphatic carbocycles. The topological polar surface area (TPSA) is 121 Å². The summed E-state index contributed by atoms with van der Waals surface area (Å²) in [6.07, 6.45) is 0.372. The number of benzene rings is 2. The predicted molar refractivity (Wildman–Crippen MR) is 159 cm³/mol. The SMILES string of the molecule is COc1cccc2cc(C(=O)N(CCC(C)C)C3CC(C(=O)NCCO)=CC(Oc4ccccc4I)C3O)oc12. The number of para-hydroxylation sites is 2. The zero-order chi connectivity index (χ0) is 28.8. The van der Waals surface area contributed by atoms with Crippen LogP contribution in [0.5, 0.6) is 11.5 Å². The van der Waals surface area contributed by atoms with Gasteiger partial charge in [0, 0.05) is 30.5 Å². The number of halogens is 1. The summed E-state index contributed by atoms with van der Waals surface area (Å²) in [5, 5.41) is 24.2. The zero-order valence-electron chi connectivity index (χ0n) is 22.8. The van der Waals surface area contributed by atoms with Crippen LogP contribution in [0, 0.1) is 9.49 Å². The van der Waals surface area contributed by atoms with Crippen molar-refractivity contribution >= 4 is 45.4 Å². The third-order valence-corrected chi connectivity index (χ3v) is 7.75. The average molecular weight is 663 g/mol. The van der Waals surface area contributed by atoms with Crippen molar-refractivity contribution in [2.24, 2.45) is 5.92 Å². The van der Waals surface area contributed by atoms with E-state index in [9.17, 15) is 19.8 Å². The molecule has 4 rings (SSSR count). The van der Waals surface area contributed by atoms with Gasteiger partial charge in [0.2, 0.25) is 5.91 Å². The van der Waals surface area contributed by atoms with E-state index in [2.05, 4.69) is 41.8 Å². The maximum absolute atomic E-state index is 14.0. The Morgan fingerprint density at radius 3 is 2.62 bits per heavy atom. The van der Waals surface area contributed by atoms with Gasteiger partial charge in [-0.05, 0) is 65.3 Å². The molecule has 1 aliphatic rings. The van der Waals surface area contributed by atoms with E-state index < -0.39 is 24.2 Å². The molecular weight excluding hydrogens is 627 g/mol. The Morgan fingerprint density at radius 2 is 1.93 bits per heavy atom. The molecule has 2 aromatic carbocycles. The highest BCUT2D eigenvalue weighted by Crippen LogP contribution is 2.33. The van der Waals surface area contributed by atoms with Crippen LogP contribution in [0.2, 0.25) is 0 Å². The van der Waals surface area contributed by atoms with Gasteiger partial charge in [-0.1, -0.05) is 38.1 Å². The molecule has 214 valence electrons. The fraction of sp³-hybridized carbons (Fsp3) is 0.400. The number of hydrogen-bond acceptors (Lipinski definition) is 7. The lowest BCUT2D eigenvalue weighted by Crippen LogP contribution is -2.55. The highest BCUT2D eigenvalue weighted by atomic mass is 127. The fourth-order valence-corrected chi connectivity index (χ4v) is 5.24. The zero-order valence-corrected chi connectivity index (χ0v) is 25.0. The van der Waals surface area contributed by atoms with Crippen LogP contribution < -0.4 is 14.8 Å². The van der Waals surface area contributed by atoms with E-state index in [4.69, 9.17) is 13.9 Å². The van der Waals surface area contributed by atoms with Crippen molar-refractivity contribution in [3.05, 3.63) is 69.5 Å². The maximum atomic E-state index is 14.0. The van der Waals surface area contributed by atoms with Crippen molar-refractivity contribution in [3.63, 3.8) is 0 Å². The van der Waals surface area contributed by atoms with Gasteiger partial charge in [0.1, 0.15) is 18.0 Å². The first-order valence-corrected chi connectivity index (χ1v) is 14.4. The number of methoxy groups -OCH3 is 1. The molecule has 0 spiro atoms. The number of nitrogens with one attached hydrogen (secondary N) is 1. The lowest BCUT2D eigenvalue weighted by Gasteiger charge is -2.40. The van der Waals surface area contributed by atoms with E-state index in [1.54, 1.807) is 29.2 Å². The number of aliphatic hydroxyl groups is 2. The molecule has 2 amide bonds. The lowest BCUT2D eigenvalue weighted by atomic mass is 9.87. The Kier molecular flexibility index (Phi) is 10.1. The van der Waals surface area contributed by atoms with Crippen LogP contribution in [0.25, 0.3) is 11.0 Å². The molecule has 40 heavy (non-hydrogen) atoms. The third kappa shape index (κ3) is 6.79. The van der Waals surface area contributed by atoms with Gasteiger partial charge < -0.3 is 34.3 Å². The van der Waals surface area contributed by atoms with E-state index >= 15 is 0 Å². The maximum Gasteiger partial charge on any atom is 0.289 e. The summed E-state index contributed by atoms with van der Waals surface area (Å²) in [6.45, 7) is 4.34. The van der Waals surface area contributed by atoms with E-state index in [-0.39, 0.29) is 37.2 Å². The summed E-state index contributed by atoms with van der Waals surface area (Å²) in [7, 11) is 1.54. The molecule has 3 aromatic rings. The number of hydrogen-bond donors (Lipinski definition) is 3. The Balaban J connectivity index is 1.72. The van der Waals surface area contributed by atoms with Gasteiger partial charge in [0.05, 0.1) is 23.3 Å². The number of rotatable bonds is 11. The second-order valence-electron chi connectivity index (χ2n) is 10.1. The van der Waals surface area contributed by atoms with Gasteiger partial charge in [-0.15, -0.1) is 0 Å². The molecule has 1 aromatic heterocycles. The summed E-state index contributed by atoms with van der Waals surface area (Å²) >= 11 is 2.15. The lowest BCUT2D eigenvalue weighted by molar-refractivity contribution is -0.118. The summed E-state index contributed by atoms with van der Waals surface area (Å²) in [4.78, 5) is 28.6. The fourth-order valence-electron chi connectivity index (χ4n) is 4.73. The number of ether oxygens (including phenoxy) is 2. The highest BCUT2D eigenvalue weighted by Gasteiger charge is 2.41. The first-order valence-electron chi connectivity index (χ1n) is 13.3. The van der Waals surface area contributed by atoms with Crippen LogP contribution in [0.15, 0.2) is 64.6 Å². The Morgan fingerprint density at radius 1 is 1.18 bits per heavy atom. The van der Waals surface area contributed by atoms with Gasteiger partial charge in [0.25, 0.3) is 5.91 Å². The monoisotopic (exact) mass is 662 g/mol. The second kappa shape index (κ2) is 13.5. The third-order valence-electron chi connectivity index (χ3n) is 6.86. The molecule has 0 saturated heterocycles. The smallest absolute Gasteiger partial charge is 0.289 e. The summed E-state index contributed by atoms with van der Waals surface area (Å²) in [6, 6.07) is 13.7. The van der Waals surface area contributed by atoms with Crippen LogP contribution in [0.1, 0.15) is 37.2 Å². The molecule has 3 atom stereocenters. The molecule has 0 fully saturated rings. The van der Waals surface area contributed by atoms with Crippen LogP contribution in [-0.4, -0.2) is 72.0 Å². The number of nitrogens with zero attached hydrogens (tertiary/aromatic N) is 1. The summed E-state index contributed by atoms with van der Waals surface area (Å²) < 4.78 is 18.4. The first-order chi connectivity index (χ1) is 19.2. The van der Waals surface area contributed by atoms with Crippen molar-refractivity contribution in [3.8, 4) is 11.5 Å². The normalized spacial score (nSPS) is 18.9. The average Bonchev–Trinajstić information content (AvgIpc) is 3.39. The van der Waals surface area contributed by atoms with Crippen molar-refractivity contribution < 1.29 is 33.7 Å². The Hall–Kier alpha value is -3.09. The van der Waals surface area contributed by atoms with E-state index in [1.807, 2.05) is 30.3 Å². The largest absolute Gasteiger partial charge is 0.493 e. The predicted octanol–water partition coefficient (Wildman–Crippen LogP) is 4.15. The van der Waals surface area contributed by atoms with Crippen molar-refractivity contribution in [1.82, 2.24) is 10.2 Å². The first kappa shape index (κ1) is 29.9. The van der Waals surface area contributed by atoms with Gasteiger partial charge >= 0.3 is 0 Å². The minimum atomic E-state index is -1.12. The van der Waals surface area contributed by atoms with Crippen molar-refractivity contribution in [2.45, 2.75) is 44.9 Å². The van der Waals surface area contributed by atoms with Gasteiger partial charge in [0.15, 0.2) is 17.1 Å². The van der Waals surface area contributed by atoms with Crippen LogP contribution in [-0.2, 0) is 4.79 Å². The minimum absolute atomic E-state index is 0.0856. The van der Waals surface area contributed by atoms with Crippen molar-refractivity contribution in [1.29, 1.82) is 0 Å². The second-order valence-corrected chi connectivity index (χ2v) is 11.3. The van der Waals surface area contributed by atoms with E-state index in [0.717, 1.165) is 8.96 Å². The molecule has 9 nitrogen and oxygen atoms in total. The summed E-state index contributed by atoms with van der Waals surface area (Å²) in [5.74, 6) is 0.697. The number of fused-ring (bicyclic) bond motifs is 1. The number of amides is 2. The Bertz CT molecular complexity index is 1370. The molecule has 0 aliphatic heterocycles. The van der Waals surface area contributed by atoms with E-state index in [0.29, 0.717) is 35.6 Å². The van der Waals surface area contributed by atoms with E-state index in [1.165, 1.54) is 7.11 Å². The number of carbonyl (C=O) groups excluding carboxylic acids is 2. The van der Waals surface area contributed by atoms with Gasteiger partial charge in [-0.25, -0.2) is 0 Å². The molecule has 0 radical (unpaired) electrons. The standard InChI is InChI=1S/C30H35IN2O7/c1-18(2)11-13-33(30(37)26-16-19-7-6-10-24(38-3)28(19)40-26)22-15-20(29(36)32-12-14-34)17-25(27(22)35)39-23-9-5-4-8-21(23)31/h4-10,16-18,22,25,27,34-35H,11-15H2,1-3H3,(H,32,36). The number of carbonyl (C=O) groups is 2. The van der Waals surface area contributed by atoms with Gasteiger partial charge in [-0.2, -0.15) is 0 Å². The summed E-state index contributed by atoms with van der Waals surface area (Å²) in [5.41, 5.74) is 0.832. The van der Waals surface area contributed by atoms with Crippen LogP contribution >= 0.6 is 22.6 Å². The molecule has 10 heteroatoms. The van der Waals surface area contributed by atoms with Crippen LogP contribution in [0.4, 0.5) is 0 Å². The molecule has 1 heterocycles. The highest BCUT2D eigenvalue weighted by molar-refractivity contribution is 14.1. The number of aliphatic hydroxyl groups excluding tert-OH is 2. The molecule has 0 bridgehead atoms. The quantitative estimate of drug-likeness (QED) is 0.264. The van der Waals surface area contributed by atoms with Gasteiger partial charge in [-0.3, -0.25) is 9.59 Å². The molecule has 3 N–H and O–H groups in total. The molecular formula is C30H35IN2O7.